The molecule has 14 heavy (non-hydrogen) atoms. The van der Waals surface area contributed by atoms with E-state index >= 15 is 0 Å². The van der Waals surface area contributed by atoms with Crippen molar-refractivity contribution in [2.75, 3.05) is 58.0 Å². The van der Waals surface area contributed by atoms with E-state index in [0.29, 0.717) is 0 Å². The number of piperazine rings is 1. The van der Waals surface area contributed by atoms with Crippen LogP contribution in [0.3, 0.4) is 0 Å². The van der Waals surface area contributed by atoms with Gasteiger partial charge < -0.3 is 4.90 Å². The van der Waals surface area contributed by atoms with Crippen LogP contribution in [0.5, 0.6) is 0 Å². The predicted octanol–water partition coefficient (Wildman–Crippen LogP) is 1.79. The quantitative estimate of drug-likeness (QED) is 0.604. The third kappa shape index (κ3) is 5.75. The van der Waals surface area contributed by atoms with E-state index in [1.165, 1.54) is 38.5 Å². The van der Waals surface area contributed by atoms with E-state index in [-0.39, 0.29) is 0 Å². The Balaban J connectivity index is 2.08. The van der Waals surface area contributed by atoms with Gasteiger partial charge in [-0.1, -0.05) is 0 Å². The Labute approximate surface area is 98.3 Å². The number of hydrogen-bond donors (Lipinski definition) is 1. The van der Waals surface area contributed by atoms with Crippen molar-refractivity contribution in [1.82, 2.24) is 9.80 Å². The predicted molar refractivity (Wildman–Crippen MR) is 74.8 cm³/mol. The lowest BCUT2D eigenvalue weighted by Gasteiger charge is -2.33. The molecule has 1 rings (SSSR count). The van der Waals surface area contributed by atoms with E-state index in [0.717, 1.165) is 0 Å². The average Bonchev–Trinajstić information content (AvgIpc) is 2.06. The van der Waals surface area contributed by atoms with Crippen molar-refractivity contribution in [3.8, 4) is 0 Å². The second-order valence-corrected chi connectivity index (χ2v) is 13.8. The highest BCUT2D eigenvalue weighted by atomic mass is 33.5. The molecule has 0 aromatic heterocycles. The van der Waals surface area contributed by atoms with Crippen molar-refractivity contribution < 1.29 is 0 Å². The first-order valence-corrected chi connectivity index (χ1v) is 9.99. The van der Waals surface area contributed by atoms with Crippen LogP contribution in [0.2, 0.25) is 0 Å². The largest absolute Gasteiger partial charge is 0.304 e. The van der Waals surface area contributed by atoms with Crippen molar-refractivity contribution in [2.45, 2.75) is 0 Å². The SMILES string of the molecule is CN1CCN(CCSS(C)(C)S)CC1. The van der Waals surface area contributed by atoms with Crippen molar-refractivity contribution in [3.63, 3.8) is 0 Å². The van der Waals surface area contributed by atoms with Gasteiger partial charge in [0.2, 0.25) is 0 Å². The van der Waals surface area contributed by atoms with Gasteiger partial charge in [0.1, 0.15) is 0 Å². The molecular formula is C9H22N2S3. The number of nitrogens with zero attached hydrogens (tertiary/aromatic N) is 2. The molecule has 2 nitrogen and oxygen atoms in total. The van der Waals surface area contributed by atoms with Crippen LogP contribution in [0.4, 0.5) is 0 Å². The summed E-state index contributed by atoms with van der Waals surface area (Å²) in [4.78, 5) is 4.96. The molecule has 0 aromatic rings. The second kappa shape index (κ2) is 5.89. The summed E-state index contributed by atoms with van der Waals surface area (Å²) >= 11 is 4.59. The van der Waals surface area contributed by atoms with Crippen LogP contribution in [0.25, 0.3) is 0 Å². The molecule has 1 aliphatic rings. The molecule has 0 radical (unpaired) electrons. The first kappa shape index (κ1) is 13.0. The van der Waals surface area contributed by atoms with Gasteiger partial charge >= 0.3 is 0 Å². The molecule has 5 heteroatoms. The molecule has 0 aliphatic carbocycles. The van der Waals surface area contributed by atoms with Gasteiger partial charge in [0, 0.05) is 38.5 Å². The summed E-state index contributed by atoms with van der Waals surface area (Å²) in [5.41, 5.74) is 0. The summed E-state index contributed by atoms with van der Waals surface area (Å²) in [6, 6.07) is 0. The van der Waals surface area contributed by atoms with Crippen molar-refractivity contribution >= 4 is 30.5 Å². The third-order valence-electron chi connectivity index (χ3n) is 2.38. The van der Waals surface area contributed by atoms with E-state index < -0.39 is 8.09 Å². The maximum Gasteiger partial charge on any atom is 0.0157 e. The standard InChI is InChI=1S/C9H22N2S3/c1-10-4-6-11(7-5-10)8-9-13-14(2,3)12/h12H,4-9H2,1-3H3. The Morgan fingerprint density at radius 2 is 1.79 bits per heavy atom. The molecule has 0 aromatic carbocycles. The van der Waals surface area contributed by atoms with E-state index in [1.807, 2.05) is 10.8 Å². The zero-order valence-corrected chi connectivity index (χ0v) is 11.9. The fourth-order valence-electron chi connectivity index (χ4n) is 1.44. The normalized spacial score (nSPS) is 22.6. The highest BCUT2D eigenvalue weighted by Gasteiger charge is 2.14. The maximum atomic E-state index is 4.59. The van der Waals surface area contributed by atoms with Crippen LogP contribution >= 0.6 is 30.5 Å². The van der Waals surface area contributed by atoms with Crippen LogP contribution in [0, 0.1) is 0 Å². The minimum absolute atomic E-state index is 0.662. The van der Waals surface area contributed by atoms with Crippen molar-refractivity contribution in [1.29, 1.82) is 0 Å². The molecule has 1 fully saturated rings. The second-order valence-electron chi connectivity index (χ2n) is 4.15. The van der Waals surface area contributed by atoms with E-state index in [4.69, 9.17) is 0 Å². The third-order valence-corrected chi connectivity index (χ3v) is 6.48. The van der Waals surface area contributed by atoms with E-state index in [2.05, 4.69) is 41.0 Å². The van der Waals surface area contributed by atoms with Gasteiger partial charge in [0.05, 0.1) is 0 Å². The molecule has 0 bridgehead atoms. The maximum absolute atomic E-state index is 4.59. The number of thiol groups is 1. The van der Waals surface area contributed by atoms with Gasteiger partial charge in [0.25, 0.3) is 0 Å². The van der Waals surface area contributed by atoms with Crippen molar-refractivity contribution in [3.05, 3.63) is 0 Å². The molecule has 0 saturated carbocycles. The first-order valence-electron chi connectivity index (χ1n) is 4.98. The van der Waals surface area contributed by atoms with Gasteiger partial charge in [-0.3, -0.25) is 4.90 Å². The number of rotatable bonds is 4. The molecular weight excluding hydrogens is 232 g/mol. The van der Waals surface area contributed by atoms with Gasteiger partial charge in [-0.05, 0) is 19.6 Å². The highest BCUT2D eigenvalue weighted by molar-refractivity contribution is 9.21. The molecule has 0 atom stereocenters. The zero-order valence-electron chi connectivity index (χ0n) is 9.40. The van der Waals surface area contributed by atoms with Crippen molar-refractivity contribution in [2.24, 2.45) is 0 Å². The first-order chi connectivity index (χ1) is 6.47. The molecule has 0 unspecified atom stereocenters. The zero-order chi connectivity index (χ0) is 10.6. The molecule has 1 heterocycles. The molecule has 1 aliphatic heterocycles. The Morgan fingerprint density at radius 1 is 1.21 bits per heavy atom. The fourth-order valence-corrected chi connectivity index (χ4v) is 4.30. The highest BCUT2D eigenvalue weighted by Crippen LogP contribution is 2.57. The topological polar surface area (TPSA) is 6.48 Å². The lowest BCUT2D eigenvalue weighted by atomic mass is 10.3. The van der Waals surface area contributed by atoms with Crippen LogP contribution in [-0.2, 0) is 0 Å². The molecule has 0 spiro atoms. The minimum atomic E-state index is -0.662. The lowest BCUT2D eigenvalue weighted by Crippen LogP contribution is -2.45. The summed E-state index contributed by atoms with van der Waals surface area (Å²) in [6.07, 6.45) is 4.48. The van der Waals surface area contributed by atoms with E-state index in [1.54, 1.807) is 0 Å². The fraction of sp³-hybridized carbons (Fsp3) is 1.00. The van der Waals surface area contributed by atoms with Crippen LogP contribution < -0.4 is 0 Å². The monoisotopic (exact) mass is 254 g/mol. The smallest absolute Gasteiger partial charge is 0.0157 e. The summed E-state index contributed by atoms with van der Waals surface area (Å²) in [5, 5.41) is 0. The molecule has 0 amide bonds. The minimum Gasteiger partial charge on any atom is -0.304 e. The Morgan fingerprint density at radius 3 is 2.29 bits per heavy atom. The Bertz CT molecular complexity index is 162. The lowest BCUT2D eigenvalue weighted by molar-refractivity contribution is 0.161. The number of likely N-dealkylation sites (N-methyl/N-ethyl adjacent to an activating group) is 1. The van der Waals surface area contributed by atoms with Gasteiger partial charge in [0.15, 0.2) is 0 Å². The van der Waals surface area contributed by atoms with Gasteiger partial charge in [-0.25, -0.2) is 0 Å². The van der Waals surface area contributed by atoms with Gasteiger partial charge in [-0.2, -0.15) is 8.09 Å². The number of hydrogen-bond acceptors (Lipinski definition) is 4. The van der Waals surface area contributed by atoms with E-state index in [9.17, 15) is 0 Å². The molecule has 0 N–H and O–H groups in total. The van der Waals surface area contributed by atoms with Crippen LogP contribution in [-0.4, -0.2) is 67.8 Å². The van der Waals surface area contributed by atoms with Crippen LogP contribution in [0.15, 0.2) is 0 Å². The van der Waals surface area contributed by atoms with Gasteiger partial charge in [-0.15, -0.1) is 22.5 Å². The summed E-state index contributed by atoms with van der Waals surface area (Å²) < 4.78 is 0. The summed E-state index contributed by atoms with van der Waals surface area (Å²) in [7, 11) is 3.56. The Hall–Kier alpha value is 0.970. The summed E-state index contributed by atoms with van der Waals surface area (Å²) in [5.74, 6) is 1.23. The van der Waals surface area contributed by atoms with Crippen LogP contribution in [0.1, 0.15) is 0 Å². The summed E-state index contributed by atoms with van der Waals surface area (Å²) in [6.45, 7) is 6.15. The average molecular weight is 254 g/mol. The molecule has 86 valence electrons. The Kier molecular flexibility index (Phi) is 5.49. The molecule has 1 saturated heterocycles.